The number of ether oxygens (including phenoxy) is 1. The maximum absolute atomic E-state index is 12.4. The minimum atomic E-state index is -0.583. The van der Waals surface area contributed by atoms with E-state index in [1.807, 2.05) is 13.1 Å². The Balaban J connectivity index is 1.57. The summed E-state index contributed by atoms with van der Waals surface area (Å²) in [6.45, 7) is 8.54. The first kappa shape index (κ1) is 20.6. The number of amides is 2. The Hall–Kier alpha value is -2.16. The lowest BCUT2D eigenvalue weighted by molar-refractivity contribution is -0.131. The molecule has 2 aromatic rings. The predicted octanol–water partition coefficient (Wildman–Crippen LogP) is 3.03. The second kappa shape index (κ2) is 8.06. The zero-order chi connectivity index (χ0) is 20.5. The lowest BCUT2D eigenvalue weighted by Gasteiger charge is -2.31. The summed E-state index contributed by atoms with van der Waals surface area (Å²) in [5, 5.41) is 2.53. The molecule has 0 aromatic carbocycles. The maximum atomic E-state index is 12.4. The number of aromatic nitrogens is 3. The highest BCUT2D eigenvalue weighted by Gasteiger charge is 2.28. The normalized spacial score (nSPS) is 15.7. The summed E-state index contributed by atoms with van der Waals surface area (Å²) in [6, 6.07) is 0. The molecule has 8 nitrogen and oxygen atoms in total. The number of piperidine rings is 1. The molecule has 1 saturated heterocycles. The van der Waals surface area contributed by atoms with Crippen LogP contribution in [0, 0.1) is 6.92 Å². The van der Waals surface area contributed by atoms with Crippen LogP contribution in [-0.4, -0.2) is 56.5 Å². The number of halogens is 1. The second-order valence-electron chi connectivity index (χ2n) is 8.00. The van der Waals surface area contributed by atoms with E-state index >= 15 is 0 Å². The molecule has 0 unspecified atom stereocenters. The van der Waals surface area contributed by atoms with Crippen molar-refractivity contribution in [3.05, 3.63) is 28.5 Å². The van der Waals surface area contributed by atoms with Gasteiger partial charge in [-0.25, -0.2) is 9.78 Å². The van der Waals surface area contributed by atoms with Crippen molar-refractivity contribution in [2.75, 3.05) is 19.6 Å². The fourth-order valence-electron chi connectivity index (χ4n) is 3.42. The standard InChI is InChI=1S/C19H26BrN5O3/c1-12-15-16(20)23-17(25(15)10-7-21-12)13-5-8-24(9-6-13)14(26)11-22-18(27)28-19(2,3)4/h7,10,13H,5-6,8-9,11H2,1-4H3,(H,22,27). The van der Waals surface area contributed by atoms with E-state index in [-0.39, 0.29) is 18.4 Å². The number of likely N-dealkylation sites (tertiary alicyclic amines) is 1. The van der Waals surface area contributed by atoms with Gasteiger partial charge in [-0.05, 0) is 56.5 Å². The molecule has 0 bridgehead atoms. The topological polar surface area (TPSA) is 88.8 Å². The van der Waals surface area contributed by atoms with Gasteiger partial charge in [0.25, 0.3) is 0 Å². The predicted molar refractivity (Wildman–Crippen MR) is 108 cm³/mol. The van der Waals surface area contributed by atoms with E-state index in [0.717, 1.165) is 34.5 Å². The molecule has 2 aromatic heterocycles. The molecule has 0 radical (unpaired) electrons. The second-order valence-corrected chi connectivity index (χ2v) is 8.75. The first-order valence-corrected chi connectivity index (χ1v) is 10.2. The fraction of sp³-hybridized carbons (Fsp3) is 0.579. The number of carbonyl (C=O) groups excluding carboxylic acids is 2. The van der Waals surface area contributed by atoms with Gasteiger partial charge in [0.15, 0.2) is 0 Å². The molecular formula is C19H26BrN5O3. The smallest absolute Gasteiger partial charge is 0.408 e. The van der Waals surface area contributed by atoms with Crippen LogP contribution in [0.4, 0.5) is 4.79 Å². The fourth-order valence-corrected chi connectivity index (χ4v) is 4.08. The van der Waals surface area contributed by atoms with E-state index in [4.69, 9.17) is 9.72 Å². The number of alkyl carbamates (subject to hydrolysis) is 1. The van der Waals surface area contributed by atoms with Gasteiger partial charge >= 0.3 is 6.09 Å². The molecule has 0 atom stereocenters. The van der Waals surface area contributed by atoms with Crippen LogP contribution in [0.5, 0.6) is 0 Å². The minimum absolute atomic E-state index is 0.0533. The number of carbonyl (C=O) groups is 2. The van der Waals surface area contributed by atoms with Gasteiger partial charge in [-0.15, -0.1) is 0 Å². The monoisotopic (exact) mass is 451 g/mol. The van der Waals surface area contributed by atoms with Gasteiger partial charge in [0.1, 0.15) is 28.1 Å². The van der Waals surface area contributed by atoms with Crippen molar-refractivity contribution < 1.29 is 14.3 Å². The number of aryl methyl sites for hydroxylation is 1. The summed E-state index contributed by atoms with van der Waals surface area (Å²) in [6.07, 6.45) is 4.78. The number of nitrogens with one attached hydrogen (secondary N) is 1. The summed E-state index contributed by atoms with van der Waals surface area (Å²) < 4.78 is 8.04. The average molecular weight is 452 g/mol. The van der Waals surface area contributed by atoms with Crippen LogP contribution in [0.1, 0.15) is 51.0 Å². The third-order valence-electron chi connectivity index (χ3n) is 4.72. The van der Waals surface area contributed by atoms with Gasteiger partial charge in [0.05, 0.1) is 5.69 Å². The highest BCUT2D eigenvalue weighted by atomic mass is 79.9. The van der Waals surface area contributed by atoms with Crippen LogP contribution in [0.2, 0.25) is 0 Å². The van der Waals surface area contributed by atoms with Crippen molar-refractivity contribution in [3.63, 3.8) is 0 Å². The lowest BCUT2D eigenvalue weighted by Crippen LogP contribution is -2.44. The van der Waals surface area contributed by atoms with E-state index in [9.17, 15) is 9.59 Å². The molecule has 1 N–H and O–H groups in total. The number of rotatable bonds is 3. The quantitative estimate of drug-likeness (QED) is 0.774. The minimum Gasteiger partial charge on any atom is -0.444 e. The first-order valence-electron chi connectivity index (χ1n) is 9.39. The lowest BCUT2D eigenvalue weighted by atomic mass is 9.96. The van der Waals surface area contributed by atoms with Crippen molar-refractivity contribution in [3.8, 4) is 0 Å². The van der Waals surface area contributed by atoms with E-state index in [1.54, 1.807) is 31.9 Å². The van der Waals surface area contributed by atoms with Crippen molar-refractivity contribution in [2.24, 2.45) is 0 Å². The van der Waals surface area contributed by atoms with Crippen LogP contribution in [-0.2, 0) is 9.53 Å². The zero-order valence-corrected chi connectivity index (χ0v) is 18.2. The summed E-state index contributed by atoms with van der Waals surface area (Å²) in [7, 11) is 0. The number of nitrogens with zero attached hydrogens (tertiary/aromatic N) is 4. The Labute approximate surface area is 172 Å². The number of hydrogen-bond donors (Lipinski definition) is 1. The SMILES string of the molecule is Cc1nccn2c(C3CCN(C(=O)CNC(=O)OC(C)(C)C)CC3)nc(Br)c12. The summed E-state index contributed by atoms with van der Waals surface area (Å²) in [5.41, 5.74) is 1.33. The van der Waals surface area contributed by atoms with Crippen molar-refractivity contribution in [1.82, 2.24) is 24.6 Å². The van der Waals surface area contributed by atoms with Crippen LogP contribution >= 0.6 is 15.9 Å². The molecule has 2 amide bonds. The highest BCUT2D eigenvalue weighted by molar-refractivity contribution is 9.10. The number of fused-ring (bicyclic) bond motifs is 1. The van der Waals surface area contributed by atoms with Gasteiger partial charge in [-0.1, -0.05) is 0 Å². The molecule has 1 aliphatic rings. The number of hydrogen-bond acceptors (Lipinski definition) is 5. The molecule has 0 saturated carbocycles. The number of imidazole rings is 1. The average Bonchev–Trinajstić information content (AvgIpc) is 2.96. The molecule has 0 spiro atoms. The zero-order valence-electron chi connectivity index (χ0n) is 16.7. The Morgan fingerprint density at radius 3 is 2.64 bits per heavy atom. The van der Waals surface area contributed by atoms with Gasteiger partial charge in [-0.3, -0.25) is 14.2 Å². The van der Waals surface area contributed by atoms with E-state index < -0.39 is 11.7 Å². The van der Waals surface area contributed by atoms with Crippen molar-refractivity contribution >= 4 is 33.4 Å². The Morgan fingerprint density at radius 1 is 1.32 bits per heavy atom. The molecular weight excluding hydrogens is 426 g/mol. The van der Waals surface area contributed by atoms with Crippen LogP contribution in [0.15, 0.2) is 17.0 Å². The van der Waals surface area contributed by atoms with Crippen molar-refractivity contribution in [1.29, 1.82) is 0 Å². The van der Waals surface area contributed by atoms with Crippen molar-refractivity contribution in [2.45, 2.75) is 52.1 Å². The van der Waals surface area contributed by atoms with Crippen LogP contribution < -0.4 is 5.32 Å². The molecule has 3 rings (SSSR count). The van der Waals surface area contributed by atoms with Crippen LogP contribution in [0.3, 0.4) is 0 Å². The summed E-state index contributed by atoms with van der Waals surface area (Å²) in [4.78, 5) is 34.9. The Morgan fingerprint density at radius 2 is 2.00 bits per heavy atom. The highest BCUT2D eigenvalue weighted by Crippen LogP contribution is 2.31. The van der Waals surface area contributed by atoms with E-state index in [2.05, 4.69) is 30.6 Å². The van der Waals surface area contributed by atoms with Gasteiger partial charge < -0.3 is 15.0 Å². The maximum Gasteiger partial charge on any atom is 0.408 e. The summed E-state index contributed by atoms with van der Waals surface area (Å²) in [5.74, 6) is 1.16. The first-order chi connectivity index (χ1) is 13.2. The summed E-state index contributed by atoms with van der Waals surface area (Å²) >= 11 is 3.54. The van der Waals surface area contributed by atoms with Crippen LogP contribution in [0.25, 0.3) is 5.52 Å². The molecule has 28 heavy (non-hydrogen) atoms. The Kier molecular flexibility index (Phi) is 5.92. The largest absolute Gasteiger partial charge is 0.444 e. The molecule has 9 heteroatoms. The third kappa shape index (κ3) is 4.63. The van der Waals surface area contributed by atoms with E-state index in [0.29, 0.717) is 13.1 Å². The van der Waals surface area contributed by atoms with Gasteiger partial charge in [0, 0.05) is 31.4 Å². The third-order valence-corrected chi connectivity index (χ3v) is 5.27. The molecule has 1 aliphatic heterocycles. The van der Waals surface area contributed by atoms with Gasteiger partial charge in [-0.2, -0.15) is 0 Å². The van der Waals surface area contributed by atoms with E-state index in [1.165, 1.54) is 0 Å². The molecule has 1 fully saturated rings. The molecule has 3 heterocycles. The van der Waals surface area contributed by atoms with Gasteiger partial charge in [0.2, 0.25) is 5.91 Å². The molecule has 152 valence electrons. The molecule has 0 aliphatic carbocycles. The Bertz CT molecular complexity index is 882.